The Labute approximate surface area is 122 Å². The highest BCUT2D eigenvalue weighted by atomic mass is 35.5. The third-order valence-electron chi connectivity index (χ3n) is 2.53. The van der Waals surface area contributed by atoms with Crippen molar-refractivity contribution in [1.29, 1.82) is 0 Å². The van der Waals surface area contributed by atoms with E-state index in [2.05, 4.69) is 4.72 Å². The fourth-order valence-corrected chi connectivity index (χ4v) is 3.77. The molecule has 6 heteroatoms. The first-order valence-electron chi connectivity index (χ1n) is 5.72. The van der Waals surface area contributed by atoms with Crippen molar-refractivity contribution in [2.75, 3.05) is 0 Å². The molecule has 0 atom stereocenters. The van der Waals surface area contributed by atoms with E-state index in [4.69, 9.17) is 11.6 Å². The van der Waals surface area contributed by atoms with Gasteiger partial charge < -0.3 is 0 Å². The minimum absolute atomic E-state index is 0.0332. The van der Waals surface area contributed by atoms with Crippen LogP contribution >= 0.6 is 22.9 Å². The van der Waals surface area contributed by atoms with Crippen molar-refractivity contribution in [3.8, 4) is 0 Å². The number of benzene rings is 1. The van der Waals surface area contributed by atoms with Crippen LogP contribution in [-0.4, -0.2) is 8.42 Å². The minimum Gasteiger partial charge on any atom is -0.212 e. The molecule has 19 heavy (non-hydrogen) atoms. The van der Waals surface area contributed by atoms with Crippen molar-refractivity contribution in [2.24, 2.45) is 0 Å². The van der Waals surface area contributed by atoms with Gasteiger partial charge in [-0.15, -0.1) is 11.3 Å². The fraction of sp³-hybridized carbons (Fsp3) is 0.231. The molecule has 1 N–H and O–H groups in total. The highest BCUT2D eigenvalue weighted by Crippen LogP contribution is 2.16. The van der Waals surface area contributed by atoms with E-state index in [0.717, 1.165) is 10.4 Å². The van der Waals surface area contributed by atoms with E-state index >= 15 is 0 Å². The van der Waals surface area contributed by atoms with Crippen LogP contribution in [0.15, 0.2) is 36.4 Å². The third kappa shape index (κ3) is 4.62. The van der Waals surface area contributed by atoms with Gasteiger partial charge in [-0.1, -0.05) is 23.7 Å². The van der Waals surface area contributed by atoms with Gasteiger partial charge in [-0.3, -0.25) is 0 Å². The smallest absolute Gasteiger partial charge is 0.212 e. The van der Waals surface area contributed by atoms with Gasteiger partial charge in [0.05, 0.1) is 5.75 Å². The van der Waals surface area contributed by atoms with Crippen molar-refractivity contribution < 1.29 is 8.42 Å². The zero-order valence-electron chi connectivity index (χ0n) is 10.4. The van der Waals surface area contributed by atoms with Gasteiger partial charge in [-0.05, 0) is 36.8 Å². The SMILES string of the molecule is Cc1ccc(CNS(=O)(=O)Cc2ccc(Cl)cc2)s1. The Morgan fingerprint density at radius 2 is 1.84 bits per heavy atom. The highest BCUT2D eigenvalue weighted by molar-refractivity contribution is 7.88. The average molecular weight is 316 g/mol. The molecular weight excluding hydrogens is 302 g/mol. The molecule has 0 amide bonds. The lowest BCUT2D eigenvalue weighted by atomic mass is 10.2. The Kier molecular flexibility index (Phi) is 4.62. The van der Waals surface area contributed by atoms with Gasteiger partial charge in [-0.25, -0.2) is 13.1 Å². The van der Waals surface area contributed by atoms with Gasteiger partial charge in [0, 0.05) is 21.3 Å². The maximum Gasteiger partial charge on any atom is 0.216 e. The number of sulfonamides is 1. The normalized spacial score (nSPS) is 11.7. The van der Waals surface area contributed by atoms with Gasteiger partial charge in [0.2, 0.25) is 10.0 Å². The molecule has 2 aromatic rings. The molecule has 1 heterocycles. The number of halogens is 1. The molecule has 0 aliphatic heterocycles. The number of thiophene rings is 1. The predicted octanol–water partition coefficient (Wildman–Crippen LogP) is 3.33. The summed E-state index contributed by atoms with van der Waals surface area (Å²) in [6.45, 7) is 2.34. The number of rotatable bonds is 5. The van der Waals surface area contributed by atoms with Crippen molar-refractivity contribution >= 4 is 33.0 Å². The highest BCUT2D eigenvalue weighted by Gasteiger charge is 2.11. The lowest BCUT2D eigenvalue weighted by Gasteiger charge is -2.05. The molecule has 1 aromatic carbocycles. The van der Waals surface area contributed by atoms with Gasteiger partial charge in [0.25, 0.3) is 0 Å². The van der Waals surface area contributed by atoms with Crippen LogP contribution in [0, 0.1) is 6.92 Å². The van der Waals surface area contributed by atoms with E-state index in [0.29, 0.717) is 11.6 Å². The Morgan fingerprint density at radius 1 is 1.16 bits per heavy atom. The van der Waals surface area contributed by atoms with Crippen LogP contribution in [0.1, 0.15) is 15.3 Å². The Morgan fingerprint density at radius 3 is 2.42 bits per heavy atom. The zero-order chi connectivity index (χ0) is 13.9. The van der Waals surface area contributed by atoms with Crippen LogP contribution in [0.2, 0.25) is 5.02 Å². The molecule has 2 rings (SSSR count). The van der Waals surface area contributed by atoms with Crippen molar-refractivity contribution in [2.45, 2.75) is 19.2 Å². The fourth-order valence-electron chi connectivity index (χ4n) is 1.61. The number of aryl methyl sites for hydroxylation is 1. The summed E-state index contributed by atoms with van der Waals surface area (Å²) in [6, 6.07) is 10.7. The molecule has 0 fully saturated rings. The summed E-state index contributed by atoms with van der Waals surface area (Å²) in [7, 11) is -3.32. The van der Waals surface area contributed by atoms with Gasteiger partial charge in [-0.2, -0.15) is 0 Å². The van der Waals surface area contributed by atoms with Crippen LogP contribution < -0.4 is 4.72 Å². The molecule has 0 unspecified atom stereocenters. The maximum atomic E-state index is 11.9. The van der Waals surface area contributed by atoms with E-state index in [1.54, 1.807) is 35.6 Å². The first-order chi connectivity index (χ1) is 8.94. The number of hydrogen-bond donors (Lipinski definition) is 1. The summed E-state index contributed by atoms with van der Waals surface area (Å²) in [4.78, 5) is 2.18. The van der Waals surface area contributed by atoms with E-state index in [9.17, 15) is 8.42 Å². The first kappa shape index (κ1) is 14.5. The molecule has 102 valence electrons. The van der Waals surface area contributed by atoms with Gasteiger partial charge in [0.1, 0.15) is 0 Å². The van der Waals surface area contributed by atoms with E-state index in [1.165, 1.54) is 4.88 Å². The van der Waals surface area contributed by atoms with Gasteiger partial charge >= 0.3 is 0 Å². The molecule has 0 aliphatic rings. The lowest BCUT2D eigenvalue weighted by molar-refractivity contribution is 0.581. The molecule has 0 aliphatic carbocycles. The summed E-state index contributed by atoms with van der Waals surface area (Å²) < 4.78 is 26.5. The molecule has 0 radical (unpaired) electrons. The van der Waals surface area contributed by atoms with Crippen LogP contribution in [0.5, 0.6) is 0 Å². The second-order valence-electron chi connectivity index (χ2n) is 4.22. The van der Waals surface area contributed by atoms with Gasteiger partial charge in [0.15, 0.2) is 0 Å². The molecule has 3 nitrogen and oxygen atoms in total. The summed E-state index contributed by atoms with van der Waals surface area (Å²) in [5.74, 6) is -0.0332. The zero-order valence-corrected chi connectivity index (χ0v) is 12.8. The molecule has 0 bridgehead atoms. The first-order valence-corrected chi connectivity index (χ1v) is 8.56. The van der Waals surface area contributed by atoms with E-state index in [1.807, 2.05) is 19.1 Å². The van der Waals surface area contributed by atoms with Crippen LogP contribution in [0.3, 0.4) is 0 Å². The Balaban J connectivity index is 1.97. The standard InChI is InChI=1S/C13H14ClNO2S2/c1-10-2-7-13(18-10)8-15-19(16,17)9-11-3-5-12(14)6-4-11/h2-7,15H,8-9H2,1H3. The second kappa shape index (κ2) is 6.05. The Bertz CT molecular complexity index is 648. The Hall–Kier alpha value is -0.880. The molecular formula is C13H14ClNO2S2. The molecule has 1 aromatic heterocycles. The van der Waals surface area contributed by atoms with Crippen LogP contribution in [0.4, 0.5) is 0 Å². The summed E-state index contributed by atoms with van der Waals surface area (Å²) >= 11 is 7.36. The molecule has 0 spiro atoms. The minimum atomic E-state index is -3.32. The largest absolute Gasteiger partial charge is 0.216 e. The summed E-state index contributed by atoms with van der Waals surface area (Å²) in [5.41, 5.74) is 0.722. The van der Waals surface area contributed by atoms with Crippen molar-refractivity contribution in [3.05, 3.63) is 56.7 Å². The topological polar surface area (TPSA) is 46.2 Å². The van der Waals surface area contributed by atoms with Crippen molar-refractivity contribution in [3.63, 3.8) is 0 Å². The van der Waals surface area contributed by atoms with E-state index < -0.39 is 10.0 Å². The maximum absolute atomic E-state index is 11.9. The monoisotopic (exact) mass is 315 g/mol. The summed E-state index contributed by atoms with van der Waals surface area (Å²) in [5, 5.41) is 0.600. The van der Waals surface area contributed by atoms with Crippen molar-refractivity contribution in [1.82, 2.24) is 4.72 Å². The molecule has 0 saturated heterocycles. The van der Waals surface area contributed by atoms with Crippen LogP contribution in [0.25, 0.3) is 0 Å². The summed E-state index contributed by atoms with van der Waals surface area (Å²) in [6.07, 6.45) is 0. The third-order valence-corrected chi connectivity index (χ3v) is 5.08. The second-order valence-corrected chi connectivity index (χ2v) is 7.83. The average Bonchev–Trinajstić information content (AvgIpc) is 2.76. The number of nitrogens with one attached hydrogen (secondary N) is 1. The molecule has 0 saturated carbocycles. The predicted molar refractivity (Wildman–Crippen MR) is 80.0 cm³/mol. The quantitative estimate of drug-likeness (QED) is 0.920. The lowest BCUT2D eigenvalue weighted by Crippen LogP contribution is -2.24. The van der Waals surface area contributed by atoms with E-state index in [-0.39, 0.29) is 5.75 Å². The number of hydrogen-bond acceptors (Lipinski definition) is 3. The van der Waals surface area contributed by atoms with Crippen LogP contribution in [-0.2, 0) is 22.3 Å².